The molecule has 1 amide bonds. The Hall–Kier alpha value is -1.84. The van der Waals surface area contributed by atoms with E-state index in [1.165, 1.54) is 0 Å². The van der Waals surface area contributed by atoms with Crippen LogP contribution in [0.3, 0.4) is 0 Å². The van der Waals surface area contributed by atoms with Crippen LogP contribution in [0, 0.1) is 0 Å². The fraction of sp³-hybridized carbons (Fsp3) is 0.200. The molecule has 0 heterocycles. The fourth-order valence-electron chi connectivity index (χ4n) is 1.09. The predicted octanol–water partition coefficient (Wildman–Crippen LogP) is 0.673. The highest BCUT2D eigenvalue weighted by Crippen LogP contribution is 2.04. The molecule has 4 nitrogen and oxygen atoms in total. The van der Waals surface area contributed by atoms with Crippen LogP contribution in [-0.4, -0.2) is 24.0 Å². The van der Waals surface area contributed by atoms with Gasteiger partial charge in [0.1, 0.15) is 0 Å². The molecule has 0 bridgehead atoms. The minimum Gasteiger partial charge on any atom is -0.481 e. The number of rotatable bonds is 3. The third kappa shape index (κ3) is 2.58. The van der Waals surface area contributed by atoms with E-state index in [0.29, 0.717) is 11.1 Å². The van der Waals surface area contributed by atoms with Gasteiger partial charge in [-0.25, -0.2) is 0 Å². The summed E-state index contributed by atoms with van der Waals surface area (Å²) in [6.07, 6.45) is -0.0198. The van der Waals surface area contributed by atoms with Gasteiger partial charge in [0, 0.05) is 12.6 Å². The van der Waals surface area contributed by atoms with E-state index in [0.717, 1.165) is 0 Å². The first-order valence-corrected chi connectivity index (χ1v) is 4.16. The van der Waals surface area contributed by atoms with Crippen molar-refractivity contribution in [1.29, 1.82) is 0 Å². The molecule has 0 aliphatic carbocycles. The number of hydrogen-bond donors (Lipinski definition) is 2. The number of nitrogens with one attached hydrogen (secondary N) is 1. The zero-order valence-electron chi connectivity index (χ0n) is 7.78. The van der Waals surface area contributed by atoms with E-state index < -0.39 is 5.97 Å². The van der Waals surface area contributed by atoms with Crippen molar-refractivity contribution in [3.63, 3.8) is 0 Å². The summed E-state index contributed by atoms with van der Waals surface area (Å²) in [4.78, 5) is 21.5. The third-order valence-corrected chi connectivity index (χ3v) is 1.80. The Labute approximate surface area is 81.6 Å². The first-order chi connectivity index (χ1) is 6.63. The van der Waals surface area contributed by atoms with Gasteiger partial charge in [-0.2, -0.15) is 0 Å². The maximum atomic E-state index is 11.1. The van der Waals surface area contributed by atoms with Crippen molar-refractivity contribution in [3.8, 4) is 0 Å². The quantitative estimate of drug-likeness (QED) is 0.741. The van der Waals surface area contributed by atoms with Gasteiger partial charge in [-0.3, -0.25) is 9.59 Å². The van der Waals surface area contributed by atoms with Gasteiger partial charge in [-0.15, -0.1) is 0 Å². The van der Waals surface area contributed by atoms with Crippen molar-refractivity contribution in [2.75, 3.05) is 7.05 Å². The lowest BCUT2D eigenvalue weighted by atomic mass is 10.1. The van der Waals surface area contributed by atoms with Crippen molar-refractivity contribution >= 4 is 11.9 Å². The number of carbonyl (C=O) groups excluding carboxylic acids is 1. The molecule has 0 atom stereocenters. The molecule has 1 rings (SSSR count). The number of hydrogen-bond acceptors (Lipinski definition) is 2. The molecule has 1 aromatic rings. The Bertz CT molecular complexity index is 343. The molecule has 0 fully saturated rings. The van der Waals surface area contributed by atoms with Crippen LogP contribution in [0.15, 0.2) is 24.3 Å². The molecule has 1 aromatic carbocycles. The van der Waals surface area contributed by atoms with Crippen molar-refractivity contribution in [1.82, 2.24) is 5.32 Å². The molecule has 0 saturated carbocycles. The summed E-state index contributed by atoms with van der Waals surface area (Å²) in [5, 5.41) is 11.0. The minimum atomic E-state index is -0.877. The SMILES string of the molecule is CNC(=O)c1ccc(CC(=O)O)cc1. The number of amides is 1. The molecule has 0 aliphatic heterocycles. The highest BCUT2D eigenvalue weighted by Gasteiger charge is 2.03. The topological polar surface area (TPSA) is 66.4 Å². The summed E-state index contributed by atoms with van der Waals surface area (Å²) in [5.74, 6) is -1.05. The van der Waals surface area contributed by atoms with Crippen molar-refractivity contribution in [2.45, 2.75) is 6.42 Å². The van der Waals surface area contributed by atoms with E-state index in [9.17, 15) is 9.59 Å². The van der Waals surface area contributed by atoms with Crippen molar-refractivity contribution in [2.24, 2.45) is 0 Å². The van der Waals surface area contributed by atoms with Crippen LogP contribution in [0.5, 0.6) is 0 Å². The van der Waals surface area contributed by atoms with E-state index in [1.807, 2.05) is 0 Å². The first-order valence-electron chi connectivity index (χ1n) is 4.16. The summed E-state index contributed by atoms with van der Waals surface area (Å²) < 4.78 is 0. The average Bonchev–Trinajstić information content (AvgIpc) is 2.17. The zero-order chi connectivity index (χ0) is 10.6. The van der Waals surface area contributed by atoms with Crippen LogP contribution in [0.25, 0.3) is 0 Å². The van der Waals surface area contributed by atoms with Crippen LogP contribution in [-0.2, 0) is 11.2 Å². The largest absolute Gasteiger partial charge is 0.481 e. The first kappa shape index (κ1) is 10.2. The summed E-state index contributed by atoms with van der Waals surface area (Å²) >= 11 is 0. The molecule has 14 heavy (non-hydrogen) atoms. The molecule has 0 radical (unpaired) electrons. The smallest absolute Gasteiger partial charge is 0.307 e. The van der Waals surface area contributed by atoms with Gasteiger partial charge in [-0.1, -0.05) is 12.1 Å². The molecule has 74 valence electrons. The molecule has 4 heteroatoms. The Morgan fingerprint density at radius 1 is 1.29 bits per heavy atom. The van der Waals surface area contributed by atoms with Crippen LogP contribution < -0.4 is 5.32 Å². The lowest BCUT2D eigenvalue weighted by molar-refractivity contribution is -0.136. The van der Waals surface area contributed by atoms with Crippen LogP contribution in [0.1, 0.15) is 15.9 Å². The predicted molar refractivity (Wildman–Crippen MR) is 51.2 cm³/mol. The molecular formula is C10H11NO3. The normalized spacial score (nSPS) is 9.50. The molecule has 0 aromatic heterocycles. The summed E-state index contributed by atoms with van der Waals surface area (Å²) in [5.41, 5.74) is 1.21. The average molecular weight is 193 g/mol. The van der Waals surface area contributed by atoms with Crippen LogP contribution in [0.4, 0.5) is 0 Å². The van der Waals surface area contributed by atoms with E-state index in [4.69, 9.17) is 5.11 Å². The lowest BCUT2D eigenvalue weighted by Gasteiger charge is -2.00. The van der Waals surface area contributed by atoms with Gasteiger partial charge in [-0.05, 0) is 17.7 Å². The highest BCUT2D eigenvalue weighted by molar-refractivity contribution is 5.94. The highest BCUT2D eigenvalue weighted by atomic mass is 16.4. The number of aliphatic carboxylic acids is 1. The van der Waals surface area contributed by atoms with E-state index in [2.05, 4.69) is 5.32 Å². The van der Waals surface area contributed by atoms with E-state index >= 15 is 0 Å². The second-order valence-electron chi connectivity index (χ2n) is 2.85. The zero-order valence-corrected chi connectivity index (χ0v) is 7.78. The van der Waals surface area contributed by atoms with Crippen molar-refractivity contribution < 1.29 is 14.7 Å². The molecule has 0 saturated heterocycles. The monoisotopic (exact) mass is 193 g/mol. The summed E-state index contributed by atoms with van der Waals surface area (Å²) in [6, 6.07) is 6.49. The number of benzene rings is 1. The standard InChI is InChI=1S/C10H11NO3/c1-11-10(14)8-4-2-7(3-5-8)6-9(12)13/h2-5H,6H2,1H3,(H,11,14)(H,12,13). The maximum absolute atomic E-state index is 11.1. The van der Waals surface area contributed by atoms with Crippen LogP contribution in [0.2, 0.25) is 0 Å². The summed E-state index contributed by atoms with van der Waals surface area (Å²) in [7, 11) is 1.55. The minimum absolute atomic E-state index is 0.0198. The summed E-state index contributed by atoms with van der Waals surface area (Å²) in [6.45, 7) is 0. The number of carbonyl (C=O) groups is 2. The van der Waals surface area contributed by atoms with Gasteiger partial charge in [0.25, 0.3) is 5.91 Å². The Kier molecular flexibility index (Phi) is 3.23. The lowest BCUT2D eigenvalue weighted by Crippen LogP contribution is -2.17. The third-order valence-electron chi connectivity index (χ3n) is 1.80. The molecule has 0 unspecified atom stereocenters. The molecule has 0 spiro atoms. The number of carboxylic acid groups (broad SMARTS) is 1. The molecular weight excluding hydrogens is 182 g/mol. The van der Waals surface area contributed by atoms with Crippen LogP contribution >= 0.6 is 0 Å². The Morgan fingerprint density at radius 3 is 2.29 bits per heavy atom. The van der Waals surface area contributed by atoms with Crippen molar-refractivity contribution in [3.05, 3.63) is 35.4 Å². The van der Waals surface area contributed by atoms with Gasteiger partial charge in [0.15, 0.2) is 0 Å². The second-order valence-corrected chi connectivity index (χ2v) is 2.85. The van der Waals surface area contributed by atoms with E-state index in [1.54, 1.807) is 31.3 Å². The van der Waals surface area contributed by atoms with Gasteiger partial charge < -0.3 is 10.4 Å². The van der Waals surface area contributed by atoms with Gasteiger partial charge in [0.2, 0.25) is 0 Å². The van der Waals surface area contributed by atoms with Gasteiger partial charge in [0.05, 0.1) is 6.42 Å². The Balaban J connectivity index is 2.78. The van der Waals surface area contributed by atoms with Gasteiger partial charge >= 0.3 is 5.97 Å². The second kappa shape index (κ2) is 4.41. The number of carboxylic acids is 1. The van der Waals surface area contributed by atoms with E-state index in [-0.39, 0.29) is 12.3 Å². The molecule has 0 aliphatic rings. The Morgan fingerprint density at radius 2 is 1.86 bits per heavy atom. The molecule has 2 N–H and O–H groups in total. The maximum Gasteiger partial charge on any atom is 0.307 e. The fourth-order valence-corrected chi connectivity index (χ4v) is 1.09.